The molecule has 1 aromatic heterocycles. The van der Waals surface area contributed by atoms with Crippen molar-refractivity contribution in [3.05, 3.63) is 17.0 Å². The summed E-state index contributed by atoms with van der Waals surface area (Å²) in [6.07, 6.45) is 2.30. The standard InChI is InChI=1S/C12H16O2S2/c1-3-4-11(13)14-10-7-8(2)16-12-9(10)5-6-15-12/h5-6,8,10H,3-4,7H2,1-2H3/t8-,10-/m1/s1. The fourth-order valence-corrected chi connectivity index (χ4v) is 4.36. The third-order valence-corrected chi connectivity index (χ3v) is 4.93. The normalized spacial score (nSPS) is 23.9. The molecule has 1 aromatic rings. The first-order valence-electron chi connectivity index (χ1n) is 5.64. The molecular formula is C12H16O2S2. The van der Waals surface area contributed by atoms with Crippen LogP contribution >= 0.6 is 23.1 Å². The summed E-state index contributed by atoms with van der Waals surface area (Å²) < 4.78 is 6.85. The molecule has 0 spiro atoms. The van der Waals surface area contributed by atoms with E-state index in [4.69, 9.17) is 4.74 Å². The lowest BCUT2D eigenvalue weighted by Crippen LogP contribution is -2.18. The van der Waals surface area contributed by atoms with E-state index in [0.29, 0.717) is 11.7 Å². The summed E-state index contributed by atoms with van der Waals surface area (Å²) in [7, 11) is 0. The van der Waals surface area contributed by atoms with E-state index >= 15 is 0 Å². The molecule has 2 nitrogen and oxygen atoms in total. The van der Waals surface area contributed by atoms with Crippen molar-refractivity contribution in [1.29, 1.82) is 0 Å². The maximum absolute atomic E-state index is 11.5. The van der Waals surface area contributed by atoms with E-state index in [1.165, 1.54) is 9.77 Å². The number of rotatable bonds is 3. The molecule has 0 unspecified atom stereocenters. The number of hydrogen-bond donors (Lipinski definition) is 0. The molecule has 2 rings (SSSR count). The van der Waals surface area contributed by atoms with E-state index in [9.17, 15) is 4.79 Å². The highest BCUT2D eigenvalue weighted by Crippen LogP contribution is 2.45. The highest BCUT2D eigenvalue weighted by Gasteiger charge is 2.28. The molecule has 0 amide bonds. The summed E-state index contributed by atoms with van der Waals surface area (Å²) >= 11 is 3.63. The van der Waals surface area contributed by atoms with Crippen molar-refractivity contribution in [2.45, 2.75) is 48.7 Å². The fourth-order valence-electron chi connectivity index (χ4n) is 1.83. The van der Waals surface area contributed by atoms with Gasteiger partial charge in [0.1, 0.15) is 6.10 Å². The Morgan fingerprint density at radius 1 is 1.62 bits per heavy atom. The molecule has 0 bridgehead atoms. The number of fused-ring (bicyclic) bond motifs is 1. The number of thioether (sulfide) groups is 1. The van der Waals surface area contributed by atoms with Crippen LogP contribution in [0.5, 0.6) is 0 Å². The maximum atomic E-state index is 11.5. The zero-order chi connectivity index (χ0) is 11.5. The first-order chi connectivity index (χ1) is 7.70. The highest BCUT2D eigenvalue weighted by molar-refractivity contribution is 8.01. The average Bonchev–Trinajstić information content (AvgIpc) is 2.65. The minimum Gasteiger partial charge on any atom is -0.457 e. The van der Waals surface area contributed by atoms with Crippen LogP contribution < -0.4 is 0 Å². The number of carbonyl (C=O) groups excluding carboxylic acids is 1. The van der Waals surface area contributed by atoms with Gasteiger partial charge in [-0.05, 0) is 17.9 Å². The highest BCUT2D eigenvalue weighted by atomic mass is 32.2. The number of thiophene rings is 1. The van der Waals surface area contributed by atoms with E-state index < -0.39 is 0 Å². The van der Waals surface area contributed by atoms with Gasteiger partial charge in [0.05, 0.1) is 4.21 Å². The molecule has 0 fully saturated rings. The molecule has 88 valence electrons. The molecule has 1 aliphatic heterocycles. The van der Waals surface area contributed by atoms with E-state index in [2.05, 4.69) is 18.4 Å². The van der Waals surface area contributed by atoms with Gasteiger partial charge in [-0.3, -0.25) is 4.79 Å². The molecule has 2 atom stereocenters. The molecular weight excluding hydrogens is 240 g/mol. The van der Waals surface area contributed by atoms with Crippen molar-refractivity contribution < 1.29 is 9.53 Å². The third-order valence-electron chi connectivity index (χ3n) is 2.59. The number of carbonyl (C=O) groups is 1. The molecule has 0 saturated heterocycles. The first kappa shape index (κ1) is 12.0. The topological polar surface area (TPSA) is 26.3 Å². The second-order valence-corrected chi connectivity index (χ2v) is 6.68. The molecule has 0 saturated carbocycles. The number of hydrogen-bond acceptors (Lipinski definition) is 4. The monoisotopic (exact) mass is 256 g/mol. The van der Waals surface area contributed by atoms with Crippen LogP contribution in [0.1, 0.15) is 44.8 Å². The van der Waals surface area contributed by atoms with Gasteiger partial charge in [0.15, 0.2) is 0 Å². The summed E-state index contributed by atoms with van der Waals surface area (Å²) in [4.78, 5) is 11.5. The lowest BCUT2D eigenvalue weighted by Gasteiger charge is -2.26. The molecule has 2 heterocycles. The molecule has 4 heteroatoms. The largest absolute Gasteiger partial charge is 0.457 e. The van der Waals surface area contributed by atoms with E-state index in [1.54, 1.807) is 11.3 Å². The van der Waals surface area contributed by atoms with Gasteiger partial charge in [-0.2, -0.15) is 0 Å². The second-order valence-electron chi connectivity index (χ2n) is 4.06. The molecule has 0 aromatic carbocycles. The Kier molecular flexibility index (Phi) is 3.92. The van der Waals surface area contributed by atoms with Crippen molar-refractivity contribution in [1.82, 2.24) is 0 Å². The van der Waals surface area contributed by atoms with Crippen LogP contribution in [0.2, 0.25) is 0 Å². The Morgan fingerprint density at radius 2 is 2.44 bits per heavy atom. The smallest absolute Gasteiger partial charge is 0.306 e. The van der Waals surface area contributed by atoms with Crippen molar-refractivity contribution >= 4 is 29.1 Å². The SMILES string of the molecule is CCCC(=O)O[C@@H]1C[C@@H](C)Sc2sccc21. The van der Waals surface area contributed by atoms with Crippen molar-refractivity contribution in [3.63, 3.8) is 0 Å². The van der Waals surface area contributed by atoms with Crippen molar-refractivity contribution in [2.24, 2.45) is 0 Å². The van der Waals surface area contributed by atoms with Crippen LogP contribution in [-0.4, -0.2) is 11.2 Å². The van der Waals surface area contributed by atoms with Crippen LogP contribution in [0.25, 0.3) is 0 Å². The summed E-state index contributed by atoms with van der Waals surface area (Å²) in [5, 5.41) is 2.61. The lowest BCUT2D eigenvalue weighted by molar-refractivity contribution is -0.150. The number of esters is 1. The van der Waals surface area contributed by atoms with E-state index in [0.717, 1.165) is 12.8 Å². The van der Waals surface area contributed by atoms with Crippen LogP contribution in [0.15, 0.2) is 15.7 Å². The first-order valence-corrected chi connectivity index (χ1v) is 7.40. The van der Waals surface area contributed by atoms with Gasteiger partial charge >= 0.3 is 5.97 Å². The Balaban J connectivity index is 2.08. The minimum atomic E-state index is -0.0660. The van der Waals surface area contributed by atoms with Gasteiger partial charge in [-0.25, -0.2) is 0 Å². The Labute approximate surface area is 104 Å². The van der Waals surface area contributed by atoms with Gasteiger partial charge in [0, 0.05) is 23.7 Å². The summed E-state index contributed by atoms with van der Waals surface area (Å²) in [5.74, 6) is -0.0660. The Hall–Kier alpha value is -0.480. The van der Waals surface area contributed by atoms with Crippen LogP contribution in [0.4, 0.5) is 0 Å². The molecule has 0 N–H and O–H groups in total. The van der Waals surface area contributed by atoms with E-state index in [-0.39, 0.29) is 12.1 Å². The molecule has 0 aliphatic carbocycles. The molecule has 0 radical (unpaired) electrons. The predicted octanol–water partition coefficient (Wildman–Crippen LogP) is 4.02. The second kappa shape index (κ2) is 5.23. The maximum Gasteiger partial charge on any atom is 0.306 e. The summed E-state index contributed by atoms with van der Waals surface area (Å²) in [6.45, 7) is 4.19. The quantitative estimate of drug-likeness (QED) is 0.764. The van der Waals surface area contributed by atoms with Gasteiger partial charge in [0.2, 0.25) is 0 Å². The Morgan fingerprint density at radius 3 is 3.19 bits per heavy atom. The third kappa shape index (κ3) is 2.61. The predicted molar refractivity (Wildman–Crippen MR) is 68.0 cm³/mol. The van der Waals surface area contributed by atoms with Crippen LogP contribution in [0.3, 0.4) is 0 Å². The van der Waals surface area contributed by atoms with Crippen molar-refractivity contribution in [2.75, 3.05) is 0 Å². The average molecular weight is 256 g/mol. The van der Waals surface area contributed by atoms with Gasteiger partial charge in [-0.15, -0.1) is 23.1 Å². The molecule has 16 heavy (non-hydrogen) atoms. The van der Waals surface area contributed by atoms with Crippen LogP contribution in [0, 0.1) is 0 Å². The van der Waals surface area contributed by atoms with Gasteiger partial charge < -0.3 is 4.74 Å². The van der Waals surface area contributed by atoms with Crippen molar-refractivity contribution in [3.8, 4) is 0 Å². The van der Waals surface area contributed by atoms with Gasteiger partial charge in [-0.1, -0.05) is 13.8 Å². The van der Waals surface area contributed by atoms with E-state index in [1.807, 2.05) is 18.7 Å². The van der Waals surface area contributed by atoms with Gasteiger partial charge in [0.25, 0.3) is 0 Å². The number of ether oxygens (including phenoxy) is 1. The fraction of sp³-hybridized carbons (Fsp3) is 0.583. The lowest BCUT2D eigenvalue weighted by atomic mass is 10.1. The summed E-state index contributed by atoms with van der Waals surface area (Å²) in [5.41, 5.74) is 1.21. The zero-order valence-electron chi connectivity index (χ0n) is 9.56. The molecule has 1 aliphatic rings. The summed E-state index contributed by atoms with van der Waals surface area (Å²) in [6, 6.07) is 2.09. The Bertz CT molecular complexity index is 373. The minimum absolute atomic E-state index is 0.0171. The van der Waals surface area contributed by atoms with Crippen LogP contribution in [-0.2, 0) is 9.53 Å². The zero-order valence-corrected chi connectivity index (χ0v) is 11.2.